The predicted octanol–water partition coefficient (Wildman–Crippen LogP) is 1.92. The van der Waals surface area contributed by atoms with Gasteiger partial charge in [0.15, 0.2) is 0 Å². The maximum atomic E-state index is 4.21. The first-order valence-electron chi connectivity index (χ1n) is 6.75. The van der Waals surface area contributed by atoms with E-state index in [2.05, 4.69) is 51.0 Å². The smallest absolute Gasteiger partial charge is 0.0946 e. The molecule has 2 heterocycles. The quantitative estimate of drug-likeness (QED) is 0.891. The molecule has 1 aromatic heterocycles. The fourth-order valence-corrected chi connectivity index (χ4v) is 2.63. The van der Waals surface area contributed by atoms with Crippen LogP contribution in [0.25, 0.3) is 0 Å². The number of hydrogen-bond acceptors (Lipinski definition) is 3. The van der Waals surface area contributed by atoms with Gasteiger partial charge in [-0.2, -0.15) is 0 Å². The van der Waals surface area contributed by atoms with Gasteiger partial charge in [0.2, 0.25) is 0 Å². The highest BCUT2D eigenvalue weighted by Crippen LogP contribution is 2.24. The van der Waals surface area contributed by atoms with Gasteiger partial charge in [-0.1, -0.05) is 18.2 Å². The molecule has 19 heavy (non-hydrogen) atoms. The van der Waals surface area contributed by atoms with Gasteiger partial charge in [0, 0.05) is 38.1 Å². The van der Waals surface area contributed by atoms with Crippen LogP contribution in [-0.2, 0) is 20.1 Å². The third-order valence-corrected chi connectivity index (χ3v) is 3.74. The first kappa shape index (κ1) is 12.2. The molecule has 0 radical (unpaired) electrons. The van der Waals surface area contributed by atoms with Crippen LogP contribution in [0.1, 0.15) is 18.2 Å². The van der Waals surface area contributed by atoms with Gasteiger partial charge in [0.05, 0.1) is 18.6 Å². The van der Waals surface area contributed by atoms with E-state index in [1.807, 2.05) is 19.6 Å². The van der Waals surface area contributed by atoms with Crippen LogP contribution in [0.3, 0.4) is 0 Å². The van der Waals surface area contributed by atoms with E-state index >= 15 is 0 Å². The van der Waals surface area contributed by atoms with Crippen LogP contribution in [0.15, 0.2) is 36.8 Å². The summed E-state index contributed by atoms with van der Waals surface area (Å²) in [5.41, 5.74) is 3.94. The lowest BCUT2D eigenvalue weighted by Crippen LogP contribution is -2.36. The van der Waals surface area contributed by atoms with E-state index in [4.69, 9.17) is 0 Å². The summed E-state index contributed by atoms with van der Waals surface area (Å²) >= 11 is 0. The molecule has 1 unspecified atom stereocenters. The lowest BCUT2D eigenvalue weighted by atomic mass is 10.1. The van der Waals surface area contributed by atoms with Gasteiger partial charge in [-0.05, 0) is 18.6 Å². The topological polar surface area (TPSA) is 33.1 Å². The summed E-state index contributed by atoms with van der Waals surface area (Å²) in [6.07, 6.45) is 3.81. The summed E-state index contributed by atoms with van der Waals surface area (Å²) in [7, 11) is 2.05. The molecule has 1 aromatic carbocycles. The van der Waals surface area contributed by atoms with Crippen LogP contribution in [0, 0.1) is 0 Å². The zero-order valence-corrected chi connectivity index (χ0v) is 11.5. The Labute approximate surface area is 114 Å². The molecule has 1 N–H and O–H groups in total. The number of nitrogens with zero attached hydrogens (tertiary/aromatic N) is 3. The van der Waals surface area contributed by atoms with Crippen LogP contribution in [-0.4, -0.2) is 22.1 Å². The van der Waals surface area contributed by atoms with E-state index in [0.717, 1.165) is 19.6 Å². The van der Waals surface area contributed by atoms with Crippen molar-refractivity contribution in [2.45, 2.75) is 26.1 Å². The van der Waals surface area contributed by atoms with Gasteiger partial charge in [-0.3, -0.25) is 0 Å². The molecule has 1 atom stereocenters. The van der Waals surface area contributed by atoms with Gasteiger partial charge < -0.3 is 14.8 Å². The van der Waals surface area contributed by atoms with E-state index in [0.29, 0.717) is 6.04 Å². The first-order chi connectivity index (χ1) is 9.24. The molecule has 0 fully saturated rings. The molecular weight excluding hydrogens is 236 g/mol. The van der Waals surface area contributed by atoms with E-state index in [1.54, 1.807) is 0 Å². The maximum Gasteiger partial charge on any atom is 0.0946 e. The molecule has 4 heteroatoms. The van der Waals surface area contributed by atoms with Crippen molar-refractivity contribution in [3.63, 3.8) is 0 Å². The number of rotatable bonds is 2. The Hall–Kier alpha value is -1.81. The zero-order valence-electron chi connectivity index (χ0n) is 11.5. The second kappa shape index (κ2) is 5.05. The molecule has 0 amide bonds. The van der Waals surface area contributed by atoms with Crippen molar-refractivity contribution in [3.05, 3.63) is 48.0 Å². The summed E-state index contributed by atoms with van der Waals surface area (Å²) in [6, 6.07) is 9.13. The van der Waals surface area contributed by atoms with Crippen molar-refractivity contribution in [2.24, 2.45) is 7.05 Å². The summed E-state index contributed by atoms with van der Waals surface area (Å²) in [5.74, 6) is 0. The van der Waals surface area contributed by atoms with Crippen molar-refractivity contribution in [1.82, 2.24) is 14.9 Å². The van der Waals surface area contributed by atoms with Crippen LogP contribution in [0.4, 0.5) is 5.69 Å². The lowest BCUT2D eigenvalue weighted by molar-refractivity contribution is 0.549. The van der Waals surface area contributed by atoms with Crippen molar-refractivity contribution in [1.29, 1.82) is 0 Å². The molecule has 4 nitrogen and oxygen atoms in total. The number of aryl methyl sites for hydroxylation is 1. The standard InChI is InChI=1S/C15H20N4/c1-12-9-19(10-14-8-16-11-18(14)2)15-6-4-3-5-13(15)7-17-12/h3-6,8,11-12,17H,7,9-10H2,1-2H3. The number of hydrogen-bond donors (Lipinski definition) is 1. The average Bonchev–Trinajstić information content (AvgIpc) is 2.73. The van der Waals surface area contributed by atoms with Crippen molar-refractivity contribution in [2.75, 3.05) is 11.4 Å². The zero-order chi connectivity index (χ0) is 13.2. The van der Waals surface area contributed by atoms with Crippen LogP contribution in [0.5, 0.6) is 0 Å². The Morgan fingerprint density at radius 2 is 2.21 bits per heavy atom. The van der Waals surface area contributed by atoms with Gasteiger partial charge in [0.25, 0.3) is 0 Å². The SMILES string of the molecule is CC1CN(Cc2cncn2C)c2ccccc2CN1. The third-order valence-electron chi connectivity index (χ3n) is 3.74. The number of nitrogens with one attached hydrogen (secondary N) is 1. The number of benzene rings is 1. The highest BCUT2D eigenvalue weighted by molar-refractivity contribution is 5.54. The van der Waals surface area contributed by atoms with Gasteiger partial charge in [-0.15, -0.1) is 0 Å². The van der Waals surface area contributed by atoms with Crippen molar-refractivity contribution >= 4 is 5.69 Å². The number of fused-ring (bicyclic) bond motifs is 1. The Bertz CT molecular complexity index is 561. The summed E-state index contributed by atoms with van der Waals surface area (Å²) in [6.45, 7) is 5.10. The van der Waals surface area contributed by atoms with Crippen LogP contribution in [0.2, 0.25) is 0 Å². The van der Waals surface area contributed by atoms with Crippen molar-refractivity contribution in [3.8, 4) is 0 Å². The monoisotopic (exact) mass is 256 g/mol. The highest BCUT2D eigenvalue weighted by Gasteiger charge is 2.19. The van der Waals surface area contributed by atoms with Gasteiger partial charge in [-0.25, -0.2) is 4.98 Å². The van der Waals surface area contributed by atoms with Crippen LogP contribution < -0.4 is 10.2 Å². The van der Waals surface area contributed by atoms with E-state index in [-0.39, 0.29) is 0 Å². The molecule has 100 valence electrons. The number of anilines is 1. The molecule has 1 aliphatic heterocycles. The molecule has 0 saturated heterocycles. The second-order valence-corrected chi connectivity index (χ2v) is 5.29. The Kier molecular flexibility index (Phi) is 3.25. The average molecular weight is 256 g/mol. The number of aromatic nitrogens is 2. The maximum absolute atomic E-state index is 4.21. The summed E-state index contributed by atoms with van der Waals surface area (Å²) in [5, 5.41) is 3.56. The molecular formula is C15H20N4. The molecule has 2 aromatic rings. The fraction of sp³-hybridized carbons (Fsp3) is 0.400. The Morgan fingerprint density at radius 1 is 1.37 bits per heavy atom. The second-order valence-electron chi connectivity index (χ2n) is 5.29. The largest absolute Gasteiger partial charge is 0.364 e. The molecule has 0 spiro atoms. The minimum atomic E-state index is 0.487. The number of imidazole rings is 1. The molecule has 0 aliphatic carbocycles. The van der Waals surface area contributed by atoms with Crippen LogP contribution >= 0.6 is 0 Å². The molecule has 1 aliphatic rings. The lowest BCUT2D eigenvalue weighted by Gasteiger charge is -2.26. The summed E-state index contributed by atoms with van der Waals surface area (Å²) < 4.78 is 2.09. The summed E-state index contributed by atoms with van der Waals surface area (Å²) in [4.78, 5) is 6.65. The van der Waals surface area contributed by atoms with E-state index in [9.17, 15) is 0 Å². The van der Waals surface area contributed by atoms with E-state index < -0.39 is 0 Å². The Morgan fingerprint density at radius 3 is 3.00 bits per heavy atom. The minimum Gasteiger partial charge on any atom is -0.364 e. The normalized spacial score (nSPS) is 19.1. The Balaban J connectivity index is 1.92. The number of para-hydroxylation sites is 1. The predicted molar refractivity (Wildman–Crippen MR) is 77.0 cm³/mol. The van der Waals surface area contributed by atoms with Gasteiger partial charge in [0.1, 0.15) is 0 Å². The highest BCUT2D eigenvalue weighted by atomic mass is 15.2. The van der Waals surface area contributed by atoms with Gasteiger partial charge >= 0.3 is 0 Å². The molecule has 0 saturated carbocycles. The molecule has 0 bridgehead atoms. The molecule has 3 rings (SSSR count). The third kappa shape index (κ3) is 2.49. The van der Waals surface area contributed by atoms with Crippen molar-refractivity contribution < 1.29 is 0 Å². The van der Waals surface area contributed by atoms with E-state index in [1.165, 1.54) is 16.9 Å². The fourth-order valence-electron chi connectivity index (χ4n) is 2.63. The first-order valence-corrected chi connectivity index (χ1v) is 6.75. The minimum absolute atomic E-state index is 0.487.